The molecule has 2 rings (SSSR count). The molecular weight excluding hydrogens is 196 g/mol. The van der Waals surface area contributed by atoms with Crippen molar-refractivity contribution in [1.82, 2.24) is 4.98 Å². The van der Waals surface area contributed by atoms with Gasteiger partial charge in [-0.25, -0.2) is 9.78 Å². The van der Waals surface area contributed by atoms with Gasteiger partial charge in [0.2, 0.25) is 0 Å². The van der Waals surface area contributed by atoms with E-state index in [9.17, 15) is 4.79 Å². The Labute approximate surface area is 85.9 Å². The molecule has 0 radical (unpaired) electrons. The Bertz CT molecular complexity index is 446. The van der Waals surface area contributed by atoms with E-state index < -0.39 is 5.97 Å². The number of carbonyl (C=O) groups is 1. The van der Waals surface area contributed by atoms with Crippen molar-refractivity contribution < 1.29 is 14.6 Å². The molecule has 0 aromatic carbocycles. The van der Waals surface area contributed by atoms with Crippen molar-refractivity contribution in [2.24, 2.45) is 0 Å². The SMILES string of the molecule is N#Cc1ncc(OC2CC2)cc1C(=O)O. The summed E-state index contributed by atoms with van der Waals surface area (Å²) in [6.07, 6.45) is 3.54. The Kier molecular flexibility index (Phi) is 2.26. The molecule has 5 nitrogen and oxygen atoms in total. The van der Waals surface area contributed by atoms with Gasteiger partial charge in [-0.3, -0.25) is 0 Å². The minimum absolute atomic E-state index is 0.0920. The number of hydrogen-bond acceptors (Lipinski definition) is 4. The molecule has 1 aromatic heterocycles. The highest BCUT2D eigenvalue weighted by atomic mass is 16.5. The van der Waals surface area contributed by atoms with Gasteiger partial charge in [0.25, 0.3) is 0 Å². The molecule has 1 aliphatic carbocycles. The van der Waals surface area contributed by atoms with Crippen LogP contribution in [0.5, 0.6) is 5.75 Å². The van der Waals surface area contributed by atoms with Crippen LogP contribution in [0.2, 0.25) is 0 Å². The summed E-state index contributed by atoms with van der Waals surface area (Å²) in [5.41, 5.74) is -0.207. The topological polar surface area (TPSA) is 83.2 Å². The largest absolute Gasteiger partial charge is 0.489 e. The number of hydrogen-bond donors (Lipinski definition) is 1. The molecule has 0 unspecified atom stereocenters. The standard InChI is InChI=1S/C10H8N2O3/c11-4-9-8(10(13)14)3-7(5-12-9)15-6-1-2-6/h3,5-6H,1-2H2,(H,13,14). The number of rotatable bonds is 3. The van der Waals surface area contributed by atoms with Crippen molar-refractivity contribution in [3.63, 3.8) is 0 Å². The number of aromatic carboxylic acids is 1. The lowest BCUT2D eigenvalue weighted by atomic mass is 10.2. The normalized spacial score (nSPS) is 14.3. The van der Waals surface area contributed by atoms with Crippen LogP contribution in [0, 0.1) is 11.3 Å². The Morgan fingerprint density at radius 1 is 1.67 bits per heavy atom. The minimum Gasteiger partial charge on any atom is -0.489 e. The van der Waals surface area contributed by atoms with Gasteiger partial charge in [0.15, 0.2) is 5.69 Å². The maximum Gasteiger partial charge on any atom is 0.338 e. The molecule has 1 fully saturated rings. The second kappa shape index (κ2) is 3.58. The molecule has 76 valence electrons. The van der Waals surface area contributed by atoms with E-state index in [2.05, 4.69) is 4.98 Å². The quantitative estimate of drug-likeness (QED) is 0.799. The summed E-state index contributed by atoms with van der Waals surface area (Å²) in [6.45, 7) is 0. The zero-order chi connectivity index (χ0) is 10.8. The zero-order valence-corrected chi connectivity index (χ0v) is 7.80. The number of aromatic nitrogens is 1. The van der Waals surface area contributed by atoms with Crippen LogP contribution in [-0.2, 0) is 0 Å². The molecular formula is C10H8N2O3. The van der Waals surface area contributed by atoms with Crippen LogP contribution < -0.4 is 4.74 Å². The van der Waals surface area contributed by atoms with Gasteiger partial charge in [0, 0.05) is 0 Å². The molecule has 1 saturated carbocycles. The molecule has 0 spiro atoms. The Morgan fingerprint density at radius 2 is 2.40 bits per heavy atom. The van der Waals surface area contributed by atoms with E-state index >= 15 is 0 Å². The van der Waals surface area contributed by atoms with E-state index in [4.69, 9.17) is 15.1 Å². The maximum atomic E-state index is 10.8. The Hall–Kier alpha value is -2.09. The van der Waals surface area contributed by atoms with Gasteiger partial charge in [-0.1, -0.05) is 0 Å². The second-order valence-electron chi connectivity index (χ2n) is 3.30. The summed E-state index contributed by atoms with van der Waals surface area (Å²) in [5.74, 6) is -0.755. The molecule has 0 bridgehead atoms. The monoisotopic (exact) mass is 204 g/mol. The van der Waals surface area contributed by atoms with Gasteiger partial charge in [-0.15, -0.1) is 0 Å². The lowest BCUT2D eigenvalue weighted by Gasteiger charge is -2.04. The van der Waals surface area contributed by atoms with Crippen molar-refractivity contribution in [1.29, 1.82) is 5.26 Å². The van der Waals surface area contributed by atoms with Crippen LogP contribution in [0.1, 0.15) is 28.9 Å². The predicted molar refractivity (Wildman–Crippen MR) is 49.6 cm³/mol. The first kappa shape index (κ1) is 9.46. The van der Waals surface area contributed by atoms with Crippen molar-refractivity contribution >= 4 is 5.97 Å². The van der Waals surface area contributed by atoms with E-state index in [1.807, 2.05) is 0 Å². The number of nitriles is 1. The minimum atomic E-state index is -1.17. The summed E-state index contributed by atoms with van der Waals surface area (Å²) in [5, 5.41) is 17.5. The van der Waals surface area contributed by atoms with Gasteiger partial charge in [-0.05, 0) is 18.9 Å². The fourth-order valence-electron chi connectivity index (χ4n) is 1.14. The lowest BCUT2D eigenvalue weighted by Crippen LogP contribution is -2.04. The van der Waals surface area contributed by atoms with E-state index in [0.717, 1.165) is 12.8 Å². The van der Waals surface area contributed by atoms with Gasteiger partial charge in [0.1, 0.15) is 11.8 Å². The molecule has 0 atom stereocenters. The van der Waals surface area contributed by atoms with Crippen molar-refractivity contribution in [3.05, 3.63) is 23.5 Å². The number of nitrogens with zero attached hydrogens (tertiary/aromatic N) is 2. The second-order valence-corrected chi connectivity index (χ2v) is 3.30. The fourth-order valence-corrected chi connectivity index (χ4v) is 1.14. The van der Waals surface area contributed by atoms with Gasteiger partial charge in [0.05, 0.1) is 17.9 Å². The molecule has 1 N–H and O–H groups in total. The van der Waals surface area contributed by atoms with Gasteiger partial charge < -0.3 is 9.84 Å². The molecule has 0 saturated heterocycles. The number of carboxylic acids is 1. The first-order chi connectivity index (χ1) is 7.20. The molecule has 0 amide bonds. The van der Waals surface area contributed by atoms with Crippen LogP contribution in [0.4, 0.5) is 0 Å². The van der Waals surface area contributed by atoms with E-state index in [1.165, 1.54) is 12.3 Å². The third kappa shape index (κ3) is 2.05. The highest BCUT2D eigenvalue weighted by molar-refractivity contribution is 5.90. The smallest absolute Gasteiger partial charge is 0.338 e. The fraction of sp³-hybridized carbons (Fsp3) is 0.300. The van der Waals surface area contributed by atoms with Gasteiger partial charge in [-0.2, -0.15) is 5.26 Å². The summed E-state index contributed by atoms with van der Waals surface area (Å²) < 4.78 is 5.38. The predicted octanol–water partition coefficient (Wildman–Crippen LogP) is 1.19. The molecule has 15 heavy (non-hydrogen) atoms. The third-order valence-electron chi connectivity index (χ3n) is 2.03. The zero-order valence-electron chi connectivity index (χ0n) is 7.80. The number of pyridine rings is 1. The summed E-state index contributed by atoms with van der Waals surface area (Å²) >= 11 is 0. The number of ether oxygens (including phenoxy) is 1. The number of carboxylic acid groups (broad SMARTS) is 1. The Balaban J connectivity index is 2.31. The van der Waals surface area contributed by atoms with E-state index in [1.54, 1.807) is 6.07 Å². The molecule has 0 aliphatic heterocycles. The molecule has 1 aromatic rings. The van der Waals surface area contributed by atoms with Crippen molar-refractivity contribution in [2.45, 2.75) is 18.9 Å². The van der Waals surface area contributed by atoms with Crippen LogP contribution in [-0.4, -0.2) is 22.2 Å². The van der Waals surface area contributed by atoms with Gasteiger partial charge >= 0.3 is 5.97 Å². The van der Waals surface area contributed by atoms with Crippen LogP contribution >= 0.6 is 0 Å². The molecule has 1 aliphatic rings. The Morgan fingerprint density at radius 3 is 2.93 bits per heavy atom. The highest BCUT2D eigenvalue weighted by Gasteiger charge is 2.24. The van der Waals surface area contributed by atoms with Crippen molar-refractivity contribution in [3.8, 4) is 11.8 Å². The molecule has 1 heterocycles. The average molecular weight is 204 g/mol. The summed E-state index contributed by atoms with van der Waals surface area (Å²) in [6, 6.07) is 3.07. The first-order valence-electron chi connectivity index (χ1n) is 4.51. The first-order valence-corrected chi connectivity index (χ1v) is 4.51. The summed E-state index contributed by atoms with van der Waals surface area (Å²) in [4.78, 5) is 14.5. The maximum absolute atomic E-state index is 10.8. The van der Waals surface area contributed by atoms with E-state index in [-0.39, 0.29) is 17.4 Å². The van der Waals surface area contributed by atoms with Crippen LogP contribution in [0.3, 0.4) is 0 Å². The third-order valence-corrected chi connectivity index (χ3v) is 2.03. The lowest BCUT2D eigenvalue weighted by molar-refractivity contribution is 0.0695. The summed E-state index contributed by atoms with van der Waals surface area (Å²) in [7, 11) is 0. The molecule has 5 heteroatoms. The van der Waals surface area contributed by atoms with Crippen LogP contribution in [0.25, 0.3) is 0 Å². The van der Waals surface area contributed by atoms with Crippen molar-refractivity contribution in [2.75, 3.05) is 0 Å². The van der Waals surface area contributed by atoms with E-state index in [0.29, 0.717) is 5.75 Å². The highest BCUT2D eigenvalue weighted by Crippen LogP contribution is 2.27. The average Bonchev–Trinajstić information content (AvgIpc) is 3.01. The van der Waals surface area contributed by atoms with Crippen LogP contribution in [0.15, 0.2) is 12.3 Å².